The molecule has 28 heavy (non-hydrogen) atoms. The van der Waals surface area contributed by atoms with Crippen molar-refractivity contribution < 1.29 is 27.1 Å². The number of nitrogens with two attached hydrogens (primary N) is 2. The van der Waals surface area contributed by atoms with Crippen LogP contribution in [0.3, 0.4) is 0 Å². The number of ether oxygens (including phenoxy) is 1. The van der Waals surface area contributed by atoms with Crippen molar-refractivity contribution in [3.63, 3.8) is 0 Å². The Kier molecular flexibility index (Phi) is 7.91. The summed E-state index contributed by atoms with van der Waals surface area (Å²) in [4.78, 5) is 11.8. The monoisotopic (exact) mass is 438 g/mol. The van der Waals surface area contributed by atoms with E-state index in [0.29, 0.717) is 11.3 Å². The summed E-state index contributed by atoms with van der Waals surface area (Å²) in [5, 5.41) is -0.122. The summed E-state index contributed by atoms with van der Waals surface area (Å²) < 4.78 is 50.4. The van der Waals surface area contributed by atoms with Gasteiger partial charge in [0.25, 0.3) is 0 Å². The summed E-state index contributed by atoms with van der Waals surface area (Å²) in [6.07, 6.45) is -5.23. The molecular weight excluding hydrogens is 409 g/mol. The molecule has 160 valence electrons. The van der Waals surface area contributed by atoms with Crippen molar-refractivity contribution in [3.05, 3.63) is 34.5 Å². The third kappa shape index (κ3) is 6.33. The first-order chi connectivity index (χ1) is 12.6. The number of carbonyl (C=O) groups is 1. The molecule has 0 spiro atoms. The SMILES string of the molecule is C=CCC(O[Si](C)(C)C(C)(C)C)[C@@H](OC(N)=O)c1ccc([C@@H](N)C(F)(F)F)s1. The Morgan fingerprint density at radius 3 is 2.25 bits per heavy atom. The molecule has 1 unspecified atom stereocenters. The van der Waals surface area contributed by atoms with Crippen molar-refractivity contribution in [1.82, 2.24) is 0 Å². The van der Waals surface area contributed by atoms with Gasteiger partial charge in [0.05, 0.1) is 6.10 Å². The Hall–Kier alpha value is -1.36. The van der Waals surface area contributed by atoms with Crippen molar-refractivity contribution in [2.24, 2.45) is 11.5 Å². The Morgan fingerprint density at radius 1 is 1.29 bits per heavy atom. The number of halogens is 3. The molecule has 3 atom stereocenters. The number of thiophene rings is 1. The van der Waals surface area contributed by atoms with Crippen molar-refractivity contribution in [1.29, 1.82) is 0 Å². The molecule has 0 saturated carbocycles. The van der Waals surface area contributed by atoms with Crippen LogP contribution < -0.4 is 11.5 Å². The van der Waals surface area contributed by atoms with Crippen LogP contribution in [-0.4, -0.2) is 26.7 Å². The molecule has 5 nitrogen and oxygen atoms in total. The fourth-order valence-corrected chi connectivity index (χ4v) is 4.70. The minimum Gasteiger partial charge on any atom is -0.438 e. The van der Waals surface area contributed by atoms with Crippen molar-refractivity contribution in [3.8, 4) is 0 Å². The lowest BCUT2D eigenvalue weighted by molar-refractivity contribution is -0.148. The van der Waals surface area contributed by atoms with Gasteiger partial charge in [-0.2, -0.15) is 13.2 Å². The van der Waals surface area contributed by atoms with E-state index in [9.17, 15) is 18.0 Å². The van der Waals surface area contributed by atoms with Gasteiger partial charge < -0.3 is 20.6 Å². The number of primary amides is 1. The second-order valence-electron chi connectivity index (χ2n) is 8.06. The molecule has 0 aliphatic carbocycles. The first-order valence-electron chi connectivity index (χ1n) is 8.77. The molecule has 1 rings (SSSR count). The maximum atomic E-state index is 12.9. The molecule has 0 radical (unpaired) electrons. The van der Waals surface area contributed by atoms with Crippen LogP contribution in [0.4, 0.5) is 18.0 Å². The zero-order valence-electron chi connectivity index (χ0n) is 16.8. The number of hydrogen-bond donors (Lipinski definition) is 2. The lowest BCUT2D eigenvalue weighted by Gasteiger charge is -2.40. The molecular formula is C18H29F3N2O3SSi. The molecule has 0 fully saturated rings. The Bertz CT molecular complexity index is 686. The Labute approximate surface area is 169 Å². The van der Waals surface area contributed by atoms with Crippen molar-refractivity contribution in [2.45, 2.75) is 69.8 Å². The maximum Gasteiger partial charge on any atom is 0.408 e. The molecule has 0 aromatic carbocycles. The van der Waals surface area contributed by atoms with E-state index in [2.05, 4.69) is 27.4 Å². The summed E-state index contributed by atoms with van der Waals surface area (Å²) in [7, 11) is -2.28. The van der Waals surface area contributed by atoms with Gasteiger partial charge in [0.1, 0.15) is 6.04 Å². The second-order valence-corrected chi connectivity index (χ2v) is 14.0. The van der Waals surface area contributed by atoms with Crippen LogP contribution in [0.15, 0.2) is 24.8 Å². The smallest absolute Gasteiger partial charge is 0.408 e. The predicted molar refractivity (Wildman–Crippen MR) is 108 cm³/mol. The molecule has 0 bridgehead atoms. The average Bonchev–Trinajstić information content (AvgIpc) is 2.98. The second kappa shape index (κ2) is 8.98. The highest BCUT2D eigenvalue weighted by atomic mass is 32.1. The number of carbonyl (C=O) groups excluding carboxylic acids is 1. The number of alkyl halides is 3. The van der Waals surface area contributed by atoms with Crippen LogP contribution in [0.2, 0.25) is 18.1 Å². The number of hydrogen-bond acceptors (Lipinski definition) is 5. The van der Waals surface area contributed by atoms with E-state index < -0.39 is 38.8 Å². The largest absolute Gasteiger partial charge is 0.438 e. The van der Waals surface area contributed by atoms with Gasteiger partial charge in [0.15, 0.2) is 14.4 Å². The zero-order valence-corrected chi connectivity index (χ0v) is 18.6. The third-order valence-corrected chi connectivity index (χ3v) is 10.6. The van der Waals surface area contributed by atoms with E-state index in [0.717, 1.165) is 11.3 Å². The van der Waals surface area contributed by atoms with E-state index in [1.807, 2.05) is 13.1 Å². The molecule has 0 saturated heterocycles. The van der Waals surface area contributed by atoms with Gasteiger partial charge in [-0.05, 0) is 36.7 Å². The first-order valence-corrected chi connectivity index (χ1v) is 12.5. The van der Waals surface area contributed by atoms with E-state index in [1.165, 1.54) is 12.1 Å². The van der Waals surface area contributed by atoms with Gasteiger partial charge in [-0.1, -0.05) is 26.8 Å². The lowest BCUT2D eigenvalue weighted by Crippen LogP contribution is -2.46. The first kappa shape index (κ1) is 24.7. The van der Waals surface area contributed by atoms with Crippen LogP contribution in [0, 0.1) is 0 Å². The fourth-order valence-electron chi connectivity index (χ4n) is 2.25. The van der Waals surface area contributed by atoms with Crippen LogP contribution >= 0.6 is 11.3 Å². The maximum absolute atomic E-state index is 12.9. The zero-order chi connectivity index (χ0) is 21.9. The molecule has 1 aromatic heterocycles. The molecule has 1 aromatic rings. The molecule has 0 aliphatic rings. The standard InChI is InChI=1S/C18H29F3N2O3SSi/c1-7-8-11(26-28(5,6)17(2,3)4)14(25-16(23)24)12-9-10-13(27-12)15(22)18(19,20)21/h7,9-11,14-15H,1,8,22H2,2-6H3,(H2,23,24)/t11?,14-,15-/m1/s1. The highest BCUT2D eigenvalue weighted by Gasteiger charge is 2.43. The normalized spacial score (nSPS) is 16.3. The number of amides is 1. The van der Waals surface area contributed by atoms with Gasteiger partial charge in [0, 0.05) is 9.75 Å². The van der Waals surface area contributed by atoms with E-state index in [-0.39, 0.29) is 9.92 Å². The van der Waals surface area contributed by atoms with Crippen LogP contribution in [-0.2, 0) is 9.16 Å². The van der Waals surface area contributed by atoms with Gasteiger partial charge in [0.2, 0.25) is 0 Å². The highest BCUT2D eigenvalue weighted by Crippen LogP contribution is 2.42. The summed E-state index contributed by atoms with van der Waals surface area (Å²) in [5.74, 6) is 0. The number of rotatable bonds is 8. The molecule has 1 heterocycles. The van der Waals surface area contributed by atoms with E-state index in [1.54, 1.807) is 6.08 Å². The quantitative estimate of drug-likeness (QED) is 0.419. The molecule has 10 heteroatoms. The van der Waals surface area contributed by atoms with Crippen molar-refractivity contribution >= 4 is 25.7 Å². The van der Waals surface area contributed by atoms with Crippen LogP contribution in [0.1, 0.15) is 49.1 Å². The van der Waals surface area contributed by atoms with Gasteiger partial charge >= 0.3 is 12.3 Å². The van der Waals surface area contributed by atoms with Gasteiger partial charge in [-0.3, -0.25) is 0 Å². The summed E-state index contributed by atoms with van der Waals surface area (Å²) in [5.41, 5.74) is 10.5. The van der Waals surface area contributed by atoms with E-state index in [4.69, 9.17) is 20.6 Å². The molecule has 1 amide bonds. The van der Waals surface area contributed by atoms with Crippen LogP contribution in [0.5, 0.6) is 0 Å². The van der Waals surface area contributed by atoms with E-state index >= 15 is 0 Å². The topological polar surface area (TPSA) is 87.6 Å². The summed E-state index contributed by atoms with van der Waals surface area (Å²) in [6, 6.07) is 0.636. The summed E-state index contributed by atoms with van der Waals surface area (Å²) >= 11 is 0.829. The lowest BCUT2D eigenvalue weighted by atomic mass is 10.1. The predicted octanol–water partition coefficient (Wildman–Crippen LogP) is 5.41. The van der Waals surface area contributed by atoms with Crippen LogP contribution in [0.25, 0.3) is 0 Å². The third-order valence-electron chi connectivity index (χ3n) is 4.82. The van der Waals surface area contributed by atoms with Gasteiger partial charge in [-0.15, -0.1) is 17.9 Å². The highest BCUT2D eigenvalue weighted by molar-refractivity contribution is 7.12. The minimum absolute atomic E-state index is 0.0785. The molecule has 4 N–H and O–H groups in total. The van der Waals surface area contributed by atoms with Gasteiger partial charge in [-0.25, -0.2) is 4.79 Å². The summed E-state index contributed by atoms with van der Waals surface area (Å²) in [6.45, 7) is 13.9. The molecule has 0 aliphatic heterocycles. The Balaban J connectivity index is 3.29. The minimum atomic E-state index is -4.57. The fraction of sp³-hybridized carbons (Fsp3) is 0.611. The van der Waals surface area contributed by atoms with Crippen molar-refractivity contribution in [2.75, 3.05) is 0 Å². The average molecular weight is 439 g/mol. The Morgan fingerprint density at radius 2 is 1.82 bits per heavy atom.